The Morgan fingerprint density at radius 2 is 2.04 bits per heavy atom. The second-order valence-corrected chi connectivity index (χ2v) is 8.89. The number of allylic oxidation sites excluding steroid dienone is 1. The van der Waals surface area contributed by atoms with E-state index >= 15 is 0 Å². The molecule has 3 saturated carbocycles. The average Bonchev–Trinajstić information content (AvgIpc) is 2.89. The van der Waals surface area contributed by atoms with Crippen LogP contribution >= 0.6 is 0 Å². The summed E-state index contributed by atoms with van der Waals surface area (Å²) in [5, 5.41) is 0. The maximum Gasteiger partial charge on any atom is 0.302 e. The van der Waals surface area contributed by atoms with Gasteiger partial charge >= 0.3 is 5.97 Å². The van der Waals surface area contributed by atoms with Crippen molar-refractivity contribution in [3.8, 4) is 0 Å². The first-order chi connectivity index (χ1) is 11.9. The number of carbonyl (C=O) groups excluding carboxylic acids is 3. The van der Waals surface area contributed by atoms with Crippen LogP contribution in [0.4, 0.5) is 0 Å². The van der Waals surface area contributed by atoms with E-state index in [-0.39, 0.29) is 22.9 Å². The first-order valence-corrected chi connectivity index (χ1v) is 9.77. The van der Waals surface area contributed by atoms with E-state index in [0.29, 0.717) is 36.4 Å². The molecule has 0 bridgehead atoms. The van der Waals surface area contributed by atoms with E-state index < -0.39 is 0 Å². The van der Waals surface area contributed by atoms with E-state index in [9.17, 15) is 14.4 Å². The molecule has 25 heavy (non-hydrogen) atoms. The Hall–Kier alpha value is -1.45. The van der Waals surface area contributed by atoms with Gasteiger partial charge in [0.25, 0.3) is 0 Å². The normalized spacial score (nSPS) is 45.7. The maximum atomic E-state index is 12.4. The topological polar surface area (TPSA) is 60.4 Å². The molecule has 6 atom stereocenters. The summed E-state index contributed by atoms with van der Waals surface area (Å²) in [6.07, 6.45) is 10.2. The lowest BCUT2D eigenvalue weighted by atomic mass is 9.48. The van der Waals surface area contributed by atoms with Crippen molar-refractivity contribution in [2.45, 2.75) is 71.3 Å². The SMILES string of the molecule is CC(=O)O[C@H]1CC[C@@]2(C=O)C(=CC[C@@H]3[C@@H]2CC[C@]2(C)C(=O)CC[C@@H]32)C1. The molecule has 0 spiro atoms. The molecule has 4 rings (SSSR count). The number of aldehydes is 1. The molecule has 0 aliphatic heterocycles. The number of rotatable bonds is 2. The predicted octanol–water partition coefficient (Wildman–Crippen LogP) is 3.63. The van der Waals surface area contributed by atoms with E-state index in [4.69, 9.17) is 4.74 Å². The van der Waals surface area contributed by atoms with Crippen LogP contribution < -0.4 is 0 Å². The summed E-state index contributed by atoms with van der Waals surface area (Å²) in [4.78, 5) is 36.1. The first kappa shape index (κ1) is 17.0. The molecule has 136 valence electrons. The van der Waals surface area contributed by atoms with Gasteiger partial charge in [-0.25, -0.2) is 0 Å². The van der Waals surface area contributed by atoms with E-state index in [0.717, 1.165) is 38.5 Å². The van der Waals surface area contributed by atoms with Crippen molar-refractivity contribution in [1.82, 2.24) is 0 Å². The molecule has 0 aromatic carbocycles. The van der Waals surface area contributed by atoms with Crippen LogP contribution in [0.5, 0.6) is 0 Å². The standard InChI is InChI=1S/C21H28O4/c1-13(23)25-15-7-10-21(12-22)14(11-15)3-4-16-17-5-6-19(24)20(17,2)9-8-18(16)21/h3,12,15-18H,4-11H2,1-2H3/t15-,16-,17-,18-,20-,21+/m0/s1. The van der Waals surface area contributed by atoms with Gasteiger partial charge in [-0.15, -0.1) is 0 Å². The van der Waals surface area contributed by atoms with Crippen molar-refractivity contribution in [2.24, 2.45) is 28.6 Å². The number of ether oxygens (including phenoxy) is 1. The third-order valence-electron chi connectivity index (χ3n) is 7.91. The van der Waals surface area contributed by atoms with E-state index in [1.54, 1.807) is 0 Å². The molecular formula is C21H28O4. The molecule has 4 aliphatic carbocycles. The van der Waals surface area contributed by atoms with Crippen LogP contribution in [0.2, 0.25) is 0 Å². The predicted molar refractivity (Wildman–Crippen MR) is 92.7 cm³/mol. The molecular weight excluding hydrogens is 316 g/mol. The number of hydrogen-bond donors (Lipinski definition) is 0. The highest BCUT2D eigenvalue weighted by Crippen LogP contribution is 2.63. The van der Waals surface area contributed by atoms with Crippen LogP contribution in [0.25, 0.3) is 0 Å². The van der Waals surface area contributed by atoms with Crippen molar-refractivity contribution < 1.29 is 19.1 Å². The minimum absolute atomic E-state index is 0.0877. The molecule has 3 fully saturated rings. The summed E-state index contributed by atoms with van der Waals surface area (Å²) in [7, 11) is 0. The van der Waals surface area contributed by atoms with Gasteiger partial charge in [-0.3, -0.25) is 9.59 Å². The summed E-state index contributed by atoms with van der Waals surface area (Å²) in [5.41, 5.74) is 0.645. The number of hydrogen-bond acceptors (Lipinski definition) is 4. The van der Waals surface area contributed by atoms with Gasteiger partial charge in [-0.05, 0) is 56.3 Å². The summed E-state index contributed by atoms with van der Waals surface area (Å²) in [6.45, 7) is 3.61. The van der Waals surface area contributed by atoms with E-state index in [1.807, 2.05) is 0 Å². The highest BCUT2D eigenvalue weighted by molar-refractivity contribution is 5.87. The van der Waals surface area contributed by atoms with Crippen molar-refractivity contribution >= 4 is 18.0 Å². The Kier molecular flexibility index (Phi) is 3.93. The van der Waals surface area contributed by atoms with Crippen molar-refractivity contribution in [1.29, 1.82) is 0 Å². The minimum atomic E-state index is -0.382. The van der Waals surface area contributed by atoms with Crippen LogP contribution in [0, 0.1) is 28.6 Å². The van der Waals surface area contributed by atoms with Gasteiger partial charge in [0.2, 0.25) is 0 Å². The van der Waals surface area contributed by atoms with E-state index in [2.05, 4.69) is 13.0 Å². The molecule has 0 amide bonds. The molecule has 0 heterocycles. The highest BCUT2D eigenvalue weighted by atomic mass is 16.5. The summed E-state index contributed by atoms with van der Waals surface area (Å²) >= 11 is 0. The van der Waals surface area contributed by atoms with Gasteiger partial charge in [0, 0.05) is 25.2 Å². The van der Waals surface area contributed by atoms with Crippen molar-refractivity contribution in [3.05, 3.63) is 11.6 Å². The largest absolute Gasteiger partial charge is 0.462 e. The molecule has 0 radical (unpaired) electrons. The number of ketones is 1. The van der Waals surface area contributed by atoms with Gasteiger partial charge in [-0.2, -0.15) is 0 Å². The molecule has 4 heteroatoms. The van der Waals surface area contributed by atoms with Crippen LogP contribution in [-0.4, -0.2) is 24.1 Å². The molecule has 0 N–H and O–H groups in total. The molecule has 0 aromatic rings. The molecule has 4 nitrogen and oxygen atoms in total. The van der Waals surface area contributed by atoms with Gasteiger partial charge in [0.05, 0.1) is 5.41 Å². The zero-order valence-electron chi connectivity index (χ0n) is 15.3. The van der Waals surface area contributed by atoms with Crippen molar-refractivity contribution in [2.75, 3.05) is 0 Å². The number of Topliss-reactive ketones (excluding diaryl/α,β-unsaturated/α-hetero) is 1. The third kappa shape index (κ3) is 2.36. The maximum absolute atomic E-state index is 12.4. The lowest BCUT2D eigenvalue weighted by Gasteiger charge is -2.55. The Morgan fingerprint density at radius 1 is 1.24 bits per heavy atom. The van der Waals surface area contributed by atoms with Gasteiger partial charge in [0.1, 0.15) is 18.2 Å². The fourth-order valence-corrected chi connectivity index (χ4v) is 6.66. The van der Waals surface area contributed by atoms with Crippen molar-refractivity contribution in [3.63, 3.8) is 0 Å². The smallest absolute Gasteiger partial charge is 0.302 e. The van der Waals surface area contributed by atoms with Gasteiger partial charge in [0.15, 0.2) is 0 Å². The van der Waals surface area contributed by atoms with E-state index in [1.165, 1.54) is 18.8 Å². The number of fused-ring (bicyclic) bond motifs is 5. The van der Waals surface area contributed by atoms with Crippen LogP contribution in [0.15, 0.2) is 11.6 Å². The second kappa shape index (κ2) is 5.78. The molecule has 4 aliphatic rings. The monoisotopic (exact) mass is 344 g/mol. The first-order valence-electron chi connectivity index (χ1n) is 9.77. The second-order valence-electron chi connectivity index (χ2n) is 8.89. The Balaban J connectivity index is 1.64. The molecule has 0 aromatic heterocycles. The highest BCUT2D eigenvalue weighted by Gasteiger charge is 2.60. The number of esters is 1. The van der Waals surface area contributed by atoms with Crippen LogP contribution in [0.3, 0.4) is 0 Å². The Labute approximate surface area is 149 Å². The van der Waals surface area contributed by atoms with Crippen LogP contribution in [-0.2, 0) is 19.1 Å². The van der Waals surface area contributed by atoms with Gasteiger partial charge in [-0.1, -0.05) is 18.6 Å². The molecule has 0 saturated heterocycles. The fourth-order valence-electron chi connectivity index (χ4n) is 6.66. The minimum Gasteiger partial charge on any atom is -0.462 e. The summed E-state index contributed by atoms with van der Waals surface area (Å²) in [5.74, 6) is 1.43. The summed E-state index contributed by atoms with van der Waals surface area (Å²) in [6, 6.07) is 0. The average molecular weight is 344 g/mol. The molecule has 0 unspecified atom stereocenters. The van der Waals surface area contributed by atoms with Gasteiger partial charge < -0.3 is 9.53 Å². The number of carbonyl (C=O) groups is 3. The Morgan fingerprint density at radius 3 is 2.76 bits per heavy atom. The summed E-state index contributed by atoms with van der Waals surface area (Å²) < 4.78 is 5.42. The fraction of sp³-hybridized carbons (Fsp3) is 0.762. The van der Waals surface area contributed by atoms with Crippen LogP contribution in [0.1, 0.15) is 65.2 Å². The Bertz CT molecular complexity index is 650. The zero-order chi connectivity index (χ0) is 17.8. The third-order valence-corrected chi connectivity index (χ3v) is 7.91. The zero-order valence-corrected chi connectivity index (χ0v) is 15.3. The lowest BCUT2D eigenvalue weighted by Crippen LogP contribution is -2.52. The lowest BCUT2D eigenvalue weighted by molar-refractivity contribution is -0.149. The quantitative estimate of drug-likeness (QED) is 0.436.